The zero-order valence-corrected chi connectivity index (χ0v) is 11.1. The molecule has 1 amide bonds. The van der Waals surface area contributed by atoms with Gasteiger partial charge in [-0.15, -0.1) is 11.3 Å². The highest BCUT2D eigenvalue weighted by Crippen LogP contribution is 2.22. The van der Waals surface area contributed by atoms with E-state index in [1.54, 1.807) is 18.2 Å². The minimum absolute atomic E-state index is 0.285. The number of thiophene rings is 1. The molecular formula is C13H13FN2O2S. The minimum Gasteiger partial charge on any atom is -0.488 e. The average Bonchev–Trinajstić information content (AvgIpc) is 2.88. The normalized spacial score (nSPS) is 10.3. The van der Waals surface area contributed by atoms with Crippen molar-refractivity contribution in [1.82, 2.24) is 5.43 Å². The van der Waals surface area contributed by atoms with Crippen molar-refractivity contribution in [3.8, 4) is 5.75 Å². The molecule has 1 heterocycles. The molecule has 0 aliphatic heterocycles. The Kier molecular flexibility index (Phi) is 4.13. The molecule has 0 saturated carbocycles. The second kappa shape index (κ2) is 5.81. The van der Waals surface area contributed by atoms with Crippen LogP contribution in [0.5, 0.6) is 5.75 Å². The summed E-state index contributed by atoms with van der Waals surface area (Å²) in [7, 11) is 0. The highest BCUT2D eigenvalue weighted by Gasteiger charge is 2.08. The third-order valence-electron chi connectivity index (χ3n) is 2.54. The molecule has 6 heteroatoms. The van der Waals surface area contributed by atoms with Crippen molar-refractivity contribution in [2.24, 2.45) is 5.84 Å². The number of nitrogen functional groups attached to an aromatic ring is 1. The number of nitrogens with one attached hydrogen (secondary N) is 1. The van der Waals surface area contributed by atoms with Gasteiger partial charge in [0.25, 0.3) is 5.91 Å². The third kappa shape index (κ3) is 3.30. The molecule has 1 aromatic heterocycles. The molecule has 0 radical (unpaired) electrons. The van der Waals surface area contributed by atoms with E-state index in [1.807, 2.05) is 6.92 Å². The summed E-state index contributed by atoms with van der Waals surface area (Å²) in [6.07, 6.45) is 0. The van der Waals surface area contributed by atoms with E-state index in [1.165, 1.54) is 23.5 Å². The highest BCUT2D eigenvalue weighted by molar-refractivity contribution is 7.14. The van der Waals surface area contributed by atoms with Crippen LogP contribution in [0.2, 0.25) is 0 Å². The number of amides is 1. The quantitative estimate of drug-likeness (QED) is 0.513. The van der Waals surface area contributed by atoms with Gasteiger partial charge in [-0.2, -0.15) is 0 Å². The van der Waals surface area contributed by atoms with Crippen LogP contribution in [-0.2, 0) is 6.61 Å². The fraction of sp³-hybridized carbons (Fsp3) is 0.154. The Morgan fingerprint density at radius 1 is 1.42 bits per heavy atom. The lowest BCUT2D eigenvalue weighted by molar-refractivity contribution is 0.0957. The molecule has 0 aliphatic carbocycles. The van der Waals surface area contributed by atoms with Crippen molar-refractivity contribution in [3.63, 3.8) is 0 Å². The van der Waals surface area contributed by atoms with Crippen molar-refractivity contribution in [1.29, 1.82) is 0 Å². The lowest BCUT2D eigenvalue weighted by Gasteiger charge is -2.07. The van der Waals surface area contributed by atoms with E-state index in [2.05, 4.69) is 5.43 Å². The van der Waals surface area contributed by atoms with Crippen LogP contribution in [0, 0.1) is 12.7 Å². The number of hydrogen-bond acceptors (Lipinski definition) is 4. The average molecular weight is 280 g/mol. The van der Waals surface area contributed by atoms with Crippen molar-refractivity contribution >= 4 is 17.2 Å². The first-order chi connectivity index (χ1) is 9.10. The Morgan fingerprint density at radius 2 is 2.21 bits per heavy atom. The molecule has 2 aromatic rings. The number of benzene rings is 1. The number of halogens is 1. The summed E-state index contributed by atoms with van der Waals surface area (Å²) in [5.74, 6) is 4.87. The van der Waals surface area contributed by atoms with Crippen LogP contribution in [0.4, 0.5) is 4.39 Å². The number of hydrogen-bond donors (Lipinski definition) is 2. The third-order valence-corrected chi connectivity index (χ3v) is 3.59. The zero-order valence-electron chi connectivity index (χ0n) is 10.3. The molecule has 3 N–H and O–H groups in total. The predicted octanol–water partition coefficient (Wildman–Crippen LogP) is 2.38. The topological polar surface area (TPSA) is 64.3 Å². The Labute approximate surface area is 114 Å². The van der Waals surface area contributed by atoms with Crippen molar-refractivity contribution in [2.45, 2.75) is 13.5 Å². The molecule has 0 fully saturated rings. The van der Waals surface area contributed by atoms with Crippen LogP contribution in [0.25, 0.3) is 0 Å². The smallest absolute Gasteiger partial charge is 0.275 e. The van der Waals surface area contributed by atoms with Gasteiger partial charge in [0.15, 0.2) is 0 Å². The maximum atomic E-state index is 13.1. The van der Waals surface area contributed by atoms with Crippen molar-refractivity contribution in [2.75, 3.05) is 0 Å². The predicted molar refractivity (Wildman–Crippen MR) is 71.4 cm³/mol. The van der Waals surface area contributed by atoms with Crippen molar-refractivity contribution in [3.05, 3.63) is 51.5 Å². The van der Waals surface area contributed by atoms with Gasteiger partial charge in [0, 0.05) is 10.9 Å². The number of rotatable bonds is 4. The fourth-order valence-corrected chi connectivity index (χ4v) is 2.35. The summed E-state index contributed by atoms with van der Waals surface area (Å²) in [4.78, 5) is 12.7. The molecular weight excluding hydrogens is 267 g/mol. The molecule has 19 heavy (non-hydrogen) atoms. The maximum absolute atomic E-state index is 13.1. The number of carbonyl (C=O) groups is 1. The summed E-state index contributed by atoms with van der Waals surface area (Å²) < 4.78 is 18.6. The van der Waals surface area contributed by atoms with Gasteiger partial charge in [0.05, 0.1) is 4.88 Å². The van der Waals surface area contributed by atoms with E-state index in [9.17, 15) is 9.18 Å². The Morgan fingerprint density at radius 3 is 2.95 bits per heavy atom. The van der Waals surface area contributed by atoms with Crippen LogP contribution in [0.15, 0.2) is 30.3 Å². The van der Waals surface area contributed by atoms with Gasteiger partial charge >= 0.3 is 0 Å². The van der Waals surface area contributed by atoms with Crippen LogP contribution < -0.4 is 16.0 Å². The van der Waals surface area contributed by atoms with Gasteiger partial charge in [-0.25, -0.2) is 10.2 Å². The van der Waals surface area contributed by atoms with Gasteiger partial charge < -0.3 is 4.74 Å². The fourth-order valence-electron chi connectivity index (χ4n) is 1.53. The number of carbonyl (C=O) groups excluding carboxylic acids is 1. The molecule has 0 bridgehead atoms. The summed E-state index contributed by atoms with van der Waals surface area (Å²) in [6, 6.07) is 7.84. The first-order valence-corrected chi connectivity index (χ1v) is 6.40. The maximum Gasteiger partial charge on any atom is 0.275 e. The molecule has 4 nitrogen and oxygen atoms in total. The minimum atomic E-state index is -0.338. The van der Waals surface area contributed by atoms with Crippen molar-refractivity contribution < 1.29 is 13.9 Å². The Bertz CT molecular complexity index is 598. The van der Waals surface area contributed by atoms with E-state index in [0.717, 1.165) is 10.4 Å². The summed E-state index contributed by atoms with van der Waals surface area (Å²) in [6.45, 7) is 2.13. The first-order valence-electron chi connectivity index (χ1n) is 5.59. The Hall–Kier alpha value is -1.92. The summed E-state index contributed by atoms with van der Waals surface area (Å²) in [5, 5.41) is 0. The van der Waals surface area contributed by atoms with Crippen LogP contribution in [0.1, 0.15) is 20.1 Å². The lowest BCUT2D eigenvalue weighted by Crippen LogP contribution is -2.29. The van der Waals surface area contributed by atoms with Gasteiger partial charge in [0.1, 0.15) is 18.2 Å². The number of hydrazine groups is 1. The Balaban J connectivity index is 2.04. The van der Waals surface area contributed by atoms with E-state index in [0.29, 0.717) is 10.6 Å². The molecule has 1 aromatic carbocycles. The second-order valence-corrected chi connectivity index (χ2v) is 5.11. The molecule has 0 atom stereocenters. The summed E-state index contributed by atoms with van der Waals surface area (Å²) in [5.41, 5.74) is 2.93. The highest BCUT2D eigenvalue weighted by atomic mass is 32.1. The number of aryl methyl sites for hydroxylation is 1. The summed E-state index contributed by atoms with van der Waals surface area (Å²) >= 11 is 1.28. The van der Waals surface area contributed by atoms with Gasteiger partial charge in [-0.1, -0.05) is 6.07 Å². The molecule has 100 valence electrons. The van der Waals surface area contributed by atoms with Crippen LogP contribution in [0.3, 0.4) is 0 Å². The second-order valence-electron chi connectivity index (χ2n) is 3.94. The first kappa shape index (κ1) is 13.5. The molecule has 0 aliphatic rings. The standard InChI is InChI=1S/C13H13FN2O2S/c1-8-2-3-9(14)6-11(8)18-7-10-4-5-12(19-10)13(17)16-15/h2-6H,7,15H2,1H3,(H,16,17). The van der Waals surface area contributed by atoms with Crippen LogP contribution >= 0.6 is 11.3 Å². The van der Waals surface area contributed by atoms with Gasteiger partial charge in [-0.05, 0) is 30.7 Å². The number of ether oxygens (including phenoxy) is 1. The van der Waals surface area contributed by atoms with E-state index in [4.69, 9.17) is 10.6 Å². The molecule has 0 spiro atoms. The monoisotopic (exact) mass is 280 g/mol. The van der Waals surface area contributed by atoms with E-state index < -0.39 is 0 Å². The van der Waals surface area contributed by atoms with E-state index >= 15 is 0 Å². The molecule has 2 rings (SSSR count). The van der Waals surface area contributed by atoms with Crippen LogP contribution in [-0.4, -0.2) is 5.91 Å². The molecule has 0 unspecified atom stereocenters. The number of nitrogens with two attached hydrogens (primary N) is 1. The van der Waals surface area contributed by atoms with Gasteiger partial charge in [-0.3, -0.25) is 10.2 Å². The zero-order chi connectivity index (χ0) is 13.8. The molecule has 0 saturated heterocycles. The van der Waals surface area contributed by atoms with Gasteiger partial charge in [0.2, 0.25) is 0 Å². The largest absolute Gasteiger partial charge is 0.488 e. The van der Waals surface area contributed by atoms with E-state index in [-0.39, 0.29) is 18.3 Å². The lowest BCUT2D eigenvalue weighted by atomic mass is 10.2. The SMILES string of the molecule is Cc1ccc(F)cc1OCc1ccc(C(=O)NN)s1.